The Hall–Kier alpha value is -2.44. The van der Waals surface area contributed by atoms with Gasteiger partial charge in [0.25, 0.3) is 0 Å². The molecule has 1 saturated heterocycles. The van der Waals surface area contributed by atoms with Gasteiger partial charge in [-0.2, -0.15) is 0 Å². The Bertz CT molecular complexity index is 884. The van der Waals surface area contributed by atoms with Crippen LogP contribution in [-0.2, 0) is 9.59 Å². The van der Waals surface area contributed by atoms with Gasteiger partial charge in [-0.25, -0.2) is 0 Å². The highest BCUT2D eigenvalue weighted by molar-refractivity contribution is 6.35. The van der Waals surface area contributed by atoms with Gasteiger partial charge in [0.15, 0.2) is 0 Å². The van der Waals surface area contributed by atoms with Gasteiger partial charge in [-0.1, -0.05) is 23.2 Å². The summed E-state index contributed by atoms with van der Waals surface area (Å²) in [4.78, 5) is 26.2. The smallest absolute Gasteiger partial charge is 0.246 e. The highest BCUT2D eigenvalue weighted by atomic mass is 35.5. The Morgan fingerprint density at radius 3 is 2.46 bits per heavy atom. The van der Waals surface area contributed by atoms with Crippen LogP contribution >= 0.6 is 23.2 Å². The SMILES string of the molecule is COc1cc(N[C@H](C)C(=O)Nc2cc(Cl)cc(Cl)c2)ccc1N1CCCC1=O. The molecule has 0 radical (unpaired) electrons. The average molecular weight is 422 g/mol. The van der Waals surface area contributed by atoms with Crippen LogP contribution in [0.25, 0.3) is 0 Å². The molecule has 1 atom stereocenters. The molecule has 0 saturated carbocycles. The summed E-state index contributed by atoms with van der Waals surface area (Å²) in [6.45, 7) is 2.43. The second kappa shape index (κ2) is 8.71. The summed E-state index contributed by atoms with van der Waals surface area (Å²) in [7, 11) is 1.56. The summed E-state index contributed by atoms with van der Waals surface area (Å²) in [6, 6.07) is 9.75. The normalized spacial score (nSPS) is 14.7. The second-order valence-electron chi connectivity index (χ2n) is 6.55. The van der Waals surface area contributed by atoms with E-state index in [4.69, 9.17) is 27.9 Å². The molecule has 1 aliphatic heterocycles. The third-order valence-corrected chi connectivity index (χ3v) is 4.89. The van der Waals surface area contributed by atoms with Gasteiger partial charge in [0.05, 0.1) is 12.8 Å². The van der Waals surface area contributed by atoms with Crippen LogP contribution in [0.1, 0.15) is 19.8 Å². The molecule has 6 nitrogen and oxygen atoms in total. The van der Waals surface area contributed by atoms with Crippen LogP contribution in [-0.4, -0.2) is 31.5 Å². The van der Waals surface area contributed by atoms with Gasteiger partial charge >= 0.3 is 0 Å². The number of hydrogen-bond donors (Lipinski definition) is 2. The van der Waals surface area contributed by atoms with E-state index in [2.05, 4.69) is 10.6 Å². The van der Waals surface area contributed by atoms with Crippen LogP contribution in [0.15, 0.2) is 36.4 Å². The fourth-order valence-electron chi connectivity index (χ4n) is 3.09. The lowest BCUT2D eigenvalue weighted by molar-refractivity contribution is -0.117. The predicted octanol–water partition coefficient (Wildman–Crippen LogP) is 4.57. The third kappa shape index (κ3) is 4.69. The lowest BCUT2D eigenvalue weighted by atomic mass is 10.2. The van der Waals surface area contributed by atoms with Crippen LogP contribution in [0.4, 0.5) is 17.1 Å². The minimum atomic E-state index is -0.526. The molecule has 2 amide bonds. The predicted molar refractivity (Wildman–Crippen MR) is 113 cm³/mol. The highest BCUT2D eigenvalue weighted by Crippen LogP contribution is 2.34. The van der Waals surface area contributed by atoms with E-state index < -0.39 is 6.04 Å². The lowest BCUT2D eigenvalue weighted by Gasteiger charge is -2.21. The Balaban J connectivity index is 1.70. The van der Waals surface area contributed by atoms with Crippen molar-refractivity contribution in [2.24, 2.45) is 0 Å². The number of nitrogens with one attached hydrogen (secondary N) is 2. The molecule has 2 aromatic rings. The van der Waals surface area contributed by atoms with Crippen molar-refractivity contribution in [1.82, 2.24) is 0 Å². The number of amides is 2. The summed E-state index contributed by atoms with van der Waals surface area (Å²) in [5.41, 5.74) is 1.97. The van der Waals surface area contributed by atoms with Crippen molar-refractivity contribution >= 4 is 52.1 Å². The molecule has 0 spiro atoms. The number of rotatable bonds is 6. The van der Waals surface area contributed by atoms with Crippen molar-refractivity contribution in [3.63, 3.8) is 0 Å². The first-order valence-electron chi connectivity index (χ1n) is 8.89. The van der Waals surface area contributed by atoms with E-state index in [-0.39, 0.29) is 11.8 Å². The van der Waals surface area contributed by atoms with Gasteiger partial charge in [-0.3, -0.25) is 9.59 Å². The maximum absolute atomic E-state index is 12.5. The number of nitrogens with zero attached hydrogens (tertiary/aromatic N) is 1. The average Bonchev–Trinajstić information content (AvgIpc) is 3.06. The molecule has 0 aromatic heterocycles. The number of carbonyl (C=O) groups excluding carboxylic acids is 2. The molecule has 1 aliphatic rings. The zero-order valence-electron chi connectivity index (χ0n) is 15.6. The van der Waals surface area contributed by atoms with Crippen molar-refractivity contribution < 1.29 is 14.3 Å². The van der Waals surface area contributed by atoms with E-state index in [1.54, 1.807) is 43.2 Å². The fourth-order valence-corrected chi connectivity index (χ4v) is 3.61. The number of anilines is 3. The summed E-state index contributed by atoms with van der Waals surface area (Å²) in [5, 5.41) is 6.80. The van der Waals surface area contributed by atoms with Crippen molar-refractivity contribution in [2.45, 2.75) is 25.8 Å². The molecule has 8 heteroatoms. The molecule has 2 N–H and O–H groups in total. The van der Waals surface area contributed by atoms with E-state index in [0.29, 0.717) is 40.1 Å². The molecule has 148 valence electrons. The van der Waals surface area contributed by atoms with Crippen molar-refractivity contribution in [3.8, 4) is 5.75 Å². The summed E-state index contributed by atoms with van der Waals surface area (Å²) in [5.74, 6) is 0.428. The molecule has 0 aliphatic carbocycles. The summed E-state index contributed by atoms with van der Waals surface area (Å²) >= 11 is 11.9. The zero-order valence-corrected chi connectivity index (χ0v) is 17.1. The monoisotopic (exact) mass is 421 g/mol. The molecule has 3 rings (SSSR count). The molecule has 0 unspecified atom stereocenters. The minimum absolute atomic E-state index is 0.0898. The van der Waals surface area contributed by atoms with E-state index >= 15 is 0 Å². The van der Waals surface area contributed by atoms with E-state index in [1.165, 1.54) is 0 Å². The maximum atomic E-state index is 12.5. The zero-order chi connectivity index (χ0) is 20.3. The third-order valence-electron chi connectivity index (χ3n) is 4.45. The van der Waals surface area contributed by atoms with Crippen LogP contribution < -0.4 is 20.3 Å². The number of ether oxygens (including phenoxy) is 1. The fraction of sp³-hybridized carbons (Fsp3) is 0.300. The van der Waals surface area contributed by atoms with Gasteiger partial charge in [-0.05, 0) is 43.7 Å². The molecule has 1 fully saturated rings. The van der Waals surface area contributed by atoms with E-state index in [9.17, 15) is 9.59 Å². The highest BCUT2D eigenvalue weighted by Gasteiger charge is 2.24. The maximum Gasteiger partial charge on any atom is 0.246 e. The van der Waals surface area contributed by atoms with Gasteiger partial charge in [0.1, 0.15) is 11.8 Å². The van der Waals surface area contributed by atoms with Crippen molar-refractivity contribution in [2.75, 3.05) is 29.2 Å². The first-order chi connectivity index (χ1) is 13.4. The van der Waals surface area contributed by atoms with Crippen molar-refractivity contribution in [3.05, 3.63) is 46.4 Å². The second-order valence-corrected chi connectivity index (χ2v) is 7.42. The van der Waals surface area contributed by atoms with Crippen molar-refractivity contribution in [1.29, 1.82) is 0 Å². The van der Waals surface area contributed by atoms with E-state index in [0.717, 1.165) is 12.1 Å². The minimum Gasteiger partial charge on any atom is -0.494 e. The van der Waals surface area contributed by atoms with Gasteiger partial charge in [0.2, 0.25) is 11.8 Å². The largest absolute Gasteiger partial charge is 0.494 e. The topological polar surface area (TPSA) is 70.7 Å². The lowest BCUT2D eigenvalue weighted by Crippen LogP contribution is -2.32. The standard InChI is InChI=1S/C20H21Cl2N3O3/c1-12(20(27)24-16-9-13(21)8-14(22)10-16)23-15-5-6-17(18(11-15)28-2)25-7-3-4-19(25)26/h5-6,8-12,23H,3-4,7H2,1-2H3,(H,24,27)/t12-/m1/s1. The van der Waals surface area contributed by atoms with Crippen LogP contribution in [0, 0.1) is 0 Å². The molecular formula is C20H21Cl2N3O3. The Morgan fingerprint density at radius 1 is 1.14 bits per heavy atom. The Kier molecular flexibility index (Phi) is 6.31. The number of benzene rings is 2. The van der Waals surface area contributed by atoms with Gasteiger partial charge < -0.3 is 20.3 Å². The Morgan fingerprint density at radius 2 is 1.86 bits per heavy atom. The number of hydrogen-bond acceptors (Lipinski definition) is 4. The number of methoxy groups -OCH3 is 1. The van der Waals surface area contributed by atoms with Gasteiger partial charge in [-0.15, -0.1) is 0 Å². The molecule has 28 heavy (non-hydrogen) atoms. The number of halogens is 2. The molecule has 0 bridgehead atoms. The van der Waals surface area contributed by atoms with Crippen LogP contribution in [0.2, 0.25) is 10.0 Å². The first-order valence-corrected chi connectivity index (χ1v) is 9.65. The number of carbonyl (C=O) groups is 2. The molecular weight excluding hydrogens is 401 g/mol. The van der Waals surface area contributed by atoms with Crippen LogP contribution in [0.3, 0.4) is 0 Å². The first kappa shape index (κ1) is 20.3. The van der Waals surface area contributed by atoms with Gasteiger partial charge in [0, 0.05) is 40.5 Å². The summed E-state index contributed by atoms with van der Waals surface area (Å²) < 4.78 is 5.45. The van der Waals surface area contributed by atoms with E-state index in [1.807, 2.05) is 12.1 Å². The molecule has 2 aromatic carbocycles. The Labute approximate surface area is 173 Å². The molecule has 1 heterocycles. The van der Waals surface area contributed by atoms with Crippen LogP contribution in [0.5, 0.6) is 5.75 Å². The summed E-state index contributed by atoms with van der Waals surface area (Å²) in [6.07, 6.45) is 1.39. The quantitative estimate of drug-likeness (QED) is 0.716.